The Morgan fingerprint density at radius 1 is 1.08 bits per heavy atom. The van der Waals surface area contributed by atoms with E-state index in [1.807, 2.05) is 0 Å². The molecule has 0 aliphatic heterocycles. The van der Waals surface area contributed by atoms with Crippen LogP contribution in [0.5, 0.6) is 0 Å². The van der Waals surface area contributed by atoms with Crippen molar-refractivity contribution in [3.05, 3.63) is 58.3 Å². The molecule has 2 rings (SSSR count). The van der Waals surface area contributed by atoms with Crippen molar-refractivity contribution in [3.8, 4) is 0 Å². The van der Waals surface area contributed by atoms with Gasteiger partial charge in [-0.1, -0.05) is 0 Å². The normalized spacial score (nSPS) is 10.1. The van der Waals surface area contributed by atoms with Crippen LogP contribution in [-0.4, -0.2) is 35.9 Å². The molecule has 1 aromatic heterocycles. The highest BCUT2D eigenvalue weighted by molar-refractivity contribution is 9.10. The van der Waals surface area contributed by atoms with Crippen LogP contribution in [0.15, 0.2) is 41.1 Å². The number of hydrogen-bond acceptors (Lipinski definition) is 5. The summed E-state index contributed by atoms with van der Waals surface area (Å²) >= 11 is 3.15. The van der Waals surface area contributed by atoms with Gasteiger partial charge in [-0.05, 0) is 34.1 Å². The number of anilines is 1. The Morgan fingerprint density at radius 3 is 2.54 bits per heavy atom. The molecule has 0 bridgehead atoms. The molecule has 0 radical (unpaired) electrons. The van der Waals surface area contributed by atoms with E-state index in [1.54, 1.807) is 0 Å². The molecule has 1 aromatic carbocycles. The van der Waals surface area contributed by atoms with Gasteiger partial charge in [0.1, 0.15) is 0 Å². The Bertz CT molecular complexity index is 848. The standard InChI is InChI=1S/C16H12BrF2N3O4/c17-10-3-9(5-20-6-10)16(25)26-8-15(24)21-7-14(23)22-11-1-2-12(18)13(19)4-11/h1-6H,7-8H2,(H,21,24)(H,22,23). The maximum absolute atomic E-state index is 13.0. The van der Waals surface area contributed by atoms with Crippen molar-refractivity contribution in [3.63, 3.8) is 0 Å². The lowest BCUT2D eigenvalue weighted by atomic mass is 10.3. The third-order valence-corrected chi connectivity index (χ3v) is 3.36. The minimum atomic E-state index is -1.11. The molecule has 2 N–H and O–H groups in total. The van der Waals surface area contributed by atoms with Crippen LogP contribution in [0.1, 0.15) is 10.4 Å². The first-order chi connectivity index (χ1) is 12.3. The van der Waals surface area contributed by atoms with Crippen molar-refractivity contribution in [1.29, 1.82) is 0 Å². The lowest BCUT2D eigenvalue weighted by Gasteiger charge is -2.08. The van der Waals surface area contributed by atoms with E-state index >= 15 is 0 Å². The Kier molecular flexibility index (Phi) is 6.73. The summed E-state index contributed by atoms with van der Waals surface area (Å²) in [4.78, 5) is 38.8. The summed E-state index contributed by atoms with van der Waals surface area (Å²) in [5.74, 6) is -4.27. The second-order valence-corrected chi connectivity index (χ2v) is 5.84. The number of aromatic nitrogens is 1. The molecule has 136 valence electrons. The predicted molar refractivity (Wildman–Crippen MR) is 90.2 cm³/mol. The fourth-order valence-electron chi connectivity index (χ4n) is 1.75. The van der Waals surface area contributed by atoms with Crippen LogP contribution in [0.4, 0.5) is 14.5 Å². The Labute approximate surface area is 154 Å². The molecular formula is C16H12BrF2N3O4. The smallest absolute Gasteiger partial charge is 0.340 e. The summed E-state index contributed by atoms with van der Waals surface area (Å²) in [6.07, 6.45) is 2.76. The minimum Gasteiger partial charge on any atom is -0.452 e. The number of hydrogen-bond donors (Lipinski definition) is 2. The molecule has 0 aliphatic carbocycles. The number of esters is 1. The van der Waals surface area contributed by atoms with Crippen LogP contribution in [0.25, 0.3) is 0 Å². The molecule has 0 aliphatic rings. The van der Waals surface area contributed by atoms with E-state index in [9.17, 15) is 23.2 Å². The van der Waals surface area contributed by atoms with Gasteiger partial charge in [0.25, 0.3) is 5.91 Å². The van der Waals surface area contributed by atoms with Gasteiger partial charge < -0.3 is 15.4 Å². The molecule has 26 heavy (non-hydrogen) atoms. The highest BCUT2D eigenvalue weighted by Crippen LogP contribution is 2.13. The SMILES string of the molecule is O=C(COC(=O)c1cncc(Br)c1)NCC(=O)Nc1ccc(F)c(F)c1. The average Bonchev–Trinajstić information content (AvgIpc) is 2.61. The zero-order chi connectivity index (χ0) is 19.1. The number of carbonyl (C=O) groups is 3. The van der Waals surface area contributed by atoms with E-state index < -0.39 is 42.6 Å². The second kappa shape index (κ2) is 8.99. The van der Waals surface area contributed by atoms with Gasteiger partial charge in [-0.3, -0.25) is 14.6 Å². The van der Waals surface area contributed by atoms with Gasteiger partial charge >= 0.3 is 5.97 Å². The van der Waals surface area contributed by atoms with Crippen LogP contribution >= 0.6 is 15.9 Å². The maximum Gasteiger partial charge on any atom is 0.340 e. The number of nitrogens with zero attached hydrogens (tertiary/aromatic N) is 1. The Morgan fingerprint density at radius 2 is 1.85 bits per heavy atom. The van der Waals surface area contributed by atoms with Crippen LogP contribution < -0.4 is 10.6 Å². The van der Waals surface area contributed by atoms with Crippen molar-refractivity contribution in [2.75, 3.05) is 18.5 Å². The summed E-state index contributed by atoms with van der Waals surface area (Å²) in [5, 5.41) is 4.51. The first kappa shape index (κ1) is 19.4. The summed E-state index contributed by atoms with van der Waals surface area (Å²) < 4.78 is 31.2. The van der Waals surface area contributed by atoms with E-state index in [0.29, 0.717) is 4.47 Å². The number of benzene rings is 1. The molecule has 0 atom stereocenters. The lowest BCUT2D eigenvalue weighted by Crippen LogP contribution is -2.35. The molecule has 0 fully saturated rings. The highest BCUT2D eigenvalue weighted by Gasteiger charge is 2.12. The molecule has 0 saturated heterocycles. The maximum atomic E-state index is 13.0. The monoisotopic (exact) mass is 427 g/mol. The molecular weight excluding hydrogens is 416 g/mol. The molecule has 0 spiro atoms. The number of amides is 2. The molecule has 1 heterocycles. The topological polar surface area (TPSA) is 97.4 Å². The fraction of sp³-hybridized carbons (Fsp3) is 0.125. The van der Waals surface area contributed by atoms with Crippen LogP contribution in [0.2, 0.25) is 0 Å². The van der Waals surface area contributed by atoms with Crippen LogP contribution in [0, 0.1) is 11.6 Å². The van der Waals surface area contributed by atoms with E-state index in [2.05, 4.69) is 31.5 Å². The van der Waals surface area contributed by atoms with E-state index in [1.165, 1.54) is 24.5 Å². The number of rotatable bonds is 6. The van der Waals surface area contributed by atoms with Gasteiger partial charge in [-0.15, -0.1) is 0 Å². The zero-order valence-electron chi connectivity index (χ0n) is 13.1. The van der Waals surface area contributed by atoms with Crippen molar-refractivity contribution in [2.24, 2.45) is 0 Å². The van der Waals surface area contributed by atoms with Gasteiger partial charge in [-0.25, -0.2) is 13.6 Å². The summed E-state index contributed by atoms with van der Waals surface area (Å²) in [6.45, 7) is -1.03. The predicted octanol–water partition coefficient (Wildman–Crippen LogP) is 2.03. The van der Waals surface area contributed by atoms with Crippen LogP contribution in [0.3, 0.4) is 0 Å². The van der Waals surface area contributed by atoms with Gasteiger partial charge in [0, 0.05) is 28.6 Å². The fourth-order valence-corrected chi connectivity index (χ4v) is 2.11. The number of pyridine rings is 1. The molecule has 0 unspecified atom stereocenters. The van der Waals surface area contributed by atoms with Gasteiger partial charge in [0.05, 0.1) is 12.1 Å². The number of carbonyl (C=O) groups excluding carboxylic acids is 3. The van der Waals surface area contributed by atoms with Gasteiger partial charge in [0.15, 0.2) is 18.2 Å². The summed E-state index contributed by atoms with van der Waals surface area (Å²) in [7, 11) is 0. The van der Waals surface area contributed by atoms with Crippen LogP contribution in [-0.2, 0) is 14.3 Å². The zero-order valence-corrected chi connectivity index (χ0v) is 14.7. The van der Waals surface area contributed by atoms with Crippen molar-refractivity contribution < 1.29 is 27.9 Å². The number of nitrogens with one attached hydrogen (secondary N) is 2. The number of halogens is 3. The van der Waals surface area contributed by atoms with Gasteiger partial charge in [0.2, 0.25) is 5.91 Å². The quantitative estimate of drug-likeness (QED) is 0.687. The summed E-state index contributed by atoms with van der Waals surface area (Å²) in [6, 6.07) is 4.32. The Balaban J connectivity index is 1.74. The van der Waals surface area contributed by atoms with E-state index in [0.717, 1.165) is 12.1 Å². The first-order valence-corrected chi connectivity index (χ1v) is 7.93. The van der Waals surface area contributed by atoms with E-state index in [-0.39, 0.29) is 11.3 Å². The summed E-state index contributed by atoms with van der Waals surface area (Å²) in [5.41, 5.74) is 0.194. The molecule has 7 nitrogen and oxygen atoms in total. The molecule has 2 amide bonds. The first-order valence-electron chi connectivity index (χ1n) is 7.14. The van der Waals surface area contributed by atoms with Crippen molar-refractivity contribution >= 4 is 39.4 Å². The number of ether oxygens (including phenoxy) is 1. The molecule has 2 aromatic rings. The van der Waals surface area contributed by atoms with Crippen molar-refractivity contribution in [2.45, 2.75) is 0 Å². The minimum absolute atomic E-state index is 0.0386. The second-order valence-electron chi connectivity index (χ2n) is 4.92. The largest absolute Gasteiger partial charge is 0.452 e. The van der Waals surface area contributed by atoms with Gasteiger partial charge in [-0.2, -0.15) is 0 Å². The average molecular weight is 428 g/mol. The lowest BCUT2D eigenvalue weighted by molar-refractivity contribution is -0.126. The molecule has 0 saturated carbocycles. The third kappa shape index (κ3) is 5.88. The van der Waals surface area contributed by atoms with E-state index in [4.69, 9.17) is 4.74 Å². The Hall–Kier alpha value is -2.88. The molecule has 10 heteroatoms. The van der Waals surface area contributed by atoms with Crippen molar-refractivity contribution in [1.82, 2.24) is 10.3 Å². The third-order valence-electron chi connectivity index (χ3n) is 2.92. The highest BCUT2D eigenvalue weighted by atomic mass is 79.9.